The van der Waals surface area contributed by atoms with Crippen molar-refractivity contribution in [1.29, 1.82) is 0 Å². The molecule has 0 fully saturated rings. The first-order valence-electron chi connectivity index (χ1n) is 10.6. The monoisotopic (exact) mass is 518 g/mol. The van der Waals surface area contributed by atoms with E-state index >= 15 is 0 Å². The van der Waals surface area contributed by atoms with Crippen molar-refractivity contribution in [2.75, 3.05) is 10.2 Å². The molecule has 0 spiro atoms. The van der Waals surface area contributed by atoms with E-state index in [1.165, 1.54) is 4.90 Å². The fraction of sp³-hybridized carbons (Fsp3) is 0.200. The SMILES string of the molecule is CC(C)(C)N(C(=O)O)c1ccc(C(=O)Nc2ccc3cc(/C=N\N)ccc3c2)cc1.O=C(O)C(F)(F)F. The van der Waals surface area contributed by atoms with Gasteiger partial charge in [0.1, 0.15) is 0 Å². The Morgan fingerprint density at radius 2 is 1.46 bits per heavy atom. The lowest BCUT2D eigenvalue weighted by Crippen LogP contribution is -2.45. The van der Waals surface area contributed by atoms with Gasteiger partial charge < -0.3 is 21.4 Å². The molecular weight excluding hydrogens is 493 g/mol. The molecule has 0 aliphatic heterocycles. The molecule has 0 bridgehead atoms. The molecule has 0 saturated carbocycles. The van der Waals surface area contributed by atoms with Crippen LogP contribution in [0, 0.1) is 0 Å². The first-order chi connectivity index (χ1) is 17.1. The van der Waals surface area contributed by atoms with Gasteiger partial charge in [0.2, 0.25) is 0 Å². The highest BCUT2D eigenvalue weighted by atomic mass is 19.4. The number of amides is 2. The summed E-state index contributed by atoms with van der Waals surface area (Å²) in [5.74, 6) is 2.16. The number of hydrogen-bond acceptors (Lipinski definition) is 5. The standard InChI is InChI=1S/C23H24N4O3.C2HF3O2/c1-23(2,3)27(22(29)30)20-10-7-16(8-11-20)21(28)26-19-9-6-17-12-15(14-25-24)4-5-18(17)13-19;3-2(4,5)1(6)7/h4-14H,24H2,1-3H3,(H,26,28)(H,29,30);(H,6,7)/b25-14-;. The normalized spacial score (nSPS) is 11.5. The number of halogens is 3. The Labute approximate surface area is 210 Å². The maximum atomic E-state index is 12.6. The van der Waals surface area contributed by atoms with Gasteiger partial charge in [0, 0.05) is 22.5 Å². The van der Waals surface area contributed by atoms with Crippen LogP contribution >= 0.6 is 0 Å². The van der Waals surface area contributed by atoms with Crippen molar-refractivity contribution in [2.45, 2.75) is 32.5 Å². The summed E-state index contributed by atoms with van der Waals surface area (Å²) in [5.41, 5.74) is 1.91. The van der Waals surface area contributed by atoms with Gasteiger partial charge in [-0.25, -0.2) is 9.59 Å². The molecule has 5 N–H and O–H groups in total. The highest BCUT2D eigenvalue weighted by Gasteiger charge is 2.38. The number of nitrogens with one attached hydrogen (secondary N) is 1. The van der Waals surface area contributed by atoms with Crippen LogP contribution in [0.4, 0.5) is 29.3 Å². The third-order valence-electron chi connectivity index (χ3n) is 4.84. The van der Waals surface area contributed by atoms with Gasteiger partial charge in [-0.1, -0.05) is 18.2 Å². The van der Waals surface area contributed by atoms with Crippen molar-refractivity contribution < 1.29 is 37.8 Å². The van der Waals surface area contributed by atoms with E-state index in [4.69, 9.17) is 15.7 Å². The Balaban J connectivity index is 0.000000604. The van der Waals surface area contributed by atoms with E-state index in [0.29, 0.717) is 16.9 Å². The van der Waals surface area contributed by atoms with Gasteiger partial charge in [-0.2, -0.15) is 18.3 Å². The molecule has 0 heterocycles. The summed E-state index contributed by atoms with van der Waals surface area (Å²) in [6, 6.07) is 17.9. The Kier molecular flexibility index (Phi) is 8.83. The largest absolute Gasteiger partial charge is 0.490 e. The van der Waals surface area contributed by atoms with Gasteiger partial charge in [-0.05, 0) is 79.6 Å². The summed E-state index contributed by atoms with van der Waals surface area (Å²) in [4.78, 5) is 34.4. The molecular formula is C25H25F3N4O5. The minimum absolute atomic E-state index is 0.273. The zero-order valence-corrected chi connectivity index (χ0v) is 20.1. The molecule has 3 rings (SSSR count). The lowest BCUT2D eigenvalue weighted by Gasteiger charge is -2.33. The maximum Gasteiger partial charge on any atom is 0.490 e. The molecule has 3 aromatic carbocycles. The van der Waals surface area contributed by atoms with E-state index in [2.05, 4.69) is 10.4 Å². The number of rotatable bonds is 4. The fourth-order valence-corrected chi connectivity index (χ4v) is 3.26. The minimum atomic E-state index is -5.08. The van der Waals surface area contributed by atoms with Crippen LogP contribution < -0.4 is 16.1 Å². The number of hydrazone groups is 1. The van der Waals surface area contributed by atoms with Crippen molar-refractivity contribution in [1.82, 2.24) is 0 Å². The van der Waals surface area contributed by atoms with Gasteiger partial charge in [-0.3, -0.25) is 9.69 Å². The zero-order valence-electron chi connectivity index (χ0n) is 20.1. The Bertz CT molecular complexity index is 1320. The van der Waals surface area contributed by atoms with E-state index in [1.807, 2.05) is 57.2 Å². The summed E-state index contributed by atoms with van der Waals surface area (Å²) < 4.78 is 31.7. The number of aliphatic carboxylic acids is 1. The third-order valence-corrected chi connectivity index (χ3v) is 4.84. The Morgan fingerprint density at radius 1 is 0.919 bits per heavy atom. The molecule has 0 radical (unpaired) electrons. The second kappa shape index (κ2) is 11.4. The van der Waals surface area contributed by atoms with Gasteiger partial charge in [0.25, 0.3) is 5.91 Å². The van der Waals surface area contributed by atoms with E-state index in [9.17, 15) is 27.9 Å². The number of carboxylic acids is 1. The molecule has 0 aliphatic carbocycles. The van der Waals surface area contributed by atoms with Crippen LogP contribution in [0.2, 0.25) is 0 Å². The smallest absolute Gasteiger partial charge is 0.475 e. The molecule has 0 aromatic heterocycles. The molecule has 0 aliphatic rings. The van der Waals surface area contributed by atoms with Crippen LogP contribution in [0.15, 0.2) is 65.8 Å². The Morgan fingerprint density at radius 3 is 1.95 bits per heavy atom. The van der Waals surface area contributed by atoms with Crippen molar-refractivity contribution in [2.24, 2.45) is 10.9 Å². The lowest BCUT2D eigenvalue weighted by atomic mass is 10.0. The van der Waals surface area contributed by atoms with Crippen LogP contribution in [0.25, 0.3) is 10.8 Å². The molecule has 196 valence electrons. The highest BCUT2D eigenvalue weighted by Crippen LogP contribution is 2.25. The number of benzene rings is 3. The molecule has 37 heavy (non-hydrogen) atoms. The van der Waals surface area contributed by atoms with E-state index in [1.54, 1.807) is 30.5 Å². The first kappa shape index (κ1) is 28.6. The van der Waals surface area contributed by atoms with Crippen molar-refractivity contribution in [3.05, 3.63) is 71.8 Å². The molecule has 3 aromatic rings. The van der Waals surface area contributed by atoms with Crippen LogP contribution in [0.3, 0.4) is 0 Å². The fourth-order valence-electron chi connectivity index (χ4n) is 3.26. The summed E-state index contributed by atoms with van der Waals surface area (Å²) >= 11 is 0. The average Bonchev–Trinajstić information content (AvgIpc) is 2.78. The lowest BCUT2D eigenvalue weighted by molar-refractivity contribution is -0.192. The summed E-state index contributed by atoms with van der Waals surface area (Å²) in [6.45, 7) is 5.44. The van der Waals surface area contributed by atoms with Gasteiger partial charge in [-0.15, -0.1) is 0 Å². The predicted molar refractivity (Wildman–Crippen MR) is 134 cm³/mol. The number of carboxylic acid groups (broad SMARTS) is 2. The number of fused-ring (bicyclic) bond motifs is 1. The first-order valence-corrected chi connectivity index (χ1v) is 10.6. The number of carbonyl (C=O) groups excluding carboxylic acids is 1. The molecule has 12 heteroatoms. The van der Waals surface area contributed by atoms with E-state index < -0.39 is 23.8 Å². The van der Waals surface area contributed by atoms with E-state index in [0.717, 1.165) is 16.3 Å². The van der Waals surface area contributed by atoms with Crippen LogP contribution in [-0.4, -0.2) is 46.1 Å². The molecule has 0 saturated heterocycles. The molecule has 2 amide bonds. The van der Waals surface area contributed by atoms with E-state index in [-0.39, 0.29) is 5.91 Å². The van der Waals surface area contributed by atoms with Crippen molar-refractivity contribution >= 4 is 46.3 Å². The van der Waals surface area contributed by atoms with Crippen molar-refractivity contribution in [3.8, 4) is 0 Å². The second-order valence-electron chi connectivity index (χ2n) is 8.69. The van der Waals surface area contributed by atoms with Crippen LogP contribution in [0.5, 0.6) is 0 Å². The second-order valence-corrected chi connectivity index (χ2v) is 8.69. The Hall–Kier alpha value is -4.61. The quantitative estimate of drug-likeness (QED) is 0.209. The number of nitrogens with two attached hydrogens (primary N) is 1. The van der Waals surface area contributed by atoms with Crippen LogP contribution in [0.1, 0.15) is 36.7 Å². The average molecular weight is 518 g/mol. The summed E-state index contributed by atoms with van der Waals surface area (Å²) in [6.07, 6.45) is -4.55. The number of carbonyl (C=O) groups is 3. The summed E-state index contributed by atoms with van der Waals surface area (Å²) in [7, 11) is 0. The molecule has 0 unspecified atom stereocenters. The summed E-state index contributed by atoms with van der Waals surface area (Å²) in [5, 5.41) is 25.0. The zero-order chi connectivity index (χ0) is 28.0. The highest BCUT2D eigenvalue weighted by molar-refractivity contribution is 6.05. The van der Waals surface area contributed by atoms with Gasteiger partial charge in [0.15, 0.2) is 0 Å². The number of hydrogen-bond donors (Lipinski definition) is 4. The number of alkyl halides is 3. The third kappa shape index (κ3) is 7.95. The maximum absolute atomic E-state index is 12.6. The number of nitrogens with zero attached hydrogens (tertiary/aromatic N) is 2. The van der Waals surface area contributed by atoms with Crippen molar-refractivity contribution in [3.63, 3.8) is 0 Å². The minimum Gasteiger partial charge on any atom is -0.475 e. The van der Waals surface area contributed by atoms with Gasteiger partial charge in [0.05, 0.1) is 6.21 Å². The molecule has 9 nitrogen and oxygen atoms in total. The van der Waals surface area contributed by atoms with Gasteiger partial charge >= 0.3 is 18.2 Å². The predicted octanol–water partition coefficient (Wildman–Crippen LogP) is 5.30. The number of anilines is 2. The van der Waals surface area contributed by atoms with Crippen LogP contribution in [-0.2, 0) is 4.79 Å². The molecule has 0 atom stereocenters. The topological polar surface area (TPSA) is 145 Å².